The maximum atomic E-state index is 12.8. The fourth-order valence-electron chi connectivity index (χ4n) is 1.43. The van der Waals surface area contributed by atoms with Gasteiger partial charge in [-0.1, -0.05) is 31.9 Å². The SMILES string of the molecule is CN(C(=O)c1ccc(Br)c(C(F)(F)F)c1)C(C)(C)CBr. The molecular weight excluding hydrogens is 403 g/mol. The van der Waals surface area contributed by atoms with E-state index in [1.165, 1.54) is 17.0 Å². The van der Waals surface area contributed by atoms with Crippen molar-refractivity contribution in [2.75, 3.05) is 12.4 Å². The van der Waals surface area contributed by atoms with E-state index in [2.05, 4.69) is 31.9 Å². The van der Waals surface area contributed by atoms with Crippen LogP contribution in [0.3, 0.4) is 0 Å². The third kappa shape index (κ3) is 3.75. The van der Waals surface area contributed by atoms with Gasteiger partial charge in [-0.05, 0) is 32.0 Å². The van der Waals surface area contributed by atoms with Crippen LogP contribution in [0.5, 0.6) is 0 Å². The molecule has 0 saturated carbocycles. The molecule has 1 aromatic rings. The predicted molar refractivity (Wildman–Crippen MR) is 79.1 cm³/mol. The number of amides is 1. The number of benzene rings is 1. The summed E-state index contributed by atoms with van der Waals surface area (Å²) in [5.41, 5.74) is -1.34. The number of halogens is 5. The fourth-order valence-corrected chi connectivity index (χ4v) is 2.28. The van der Waals surface area contributed by atoms with E-state index in [9.17, 15) is 18.0 Å². The molecule has 0 spiro atoms. The van der Waals surface area contributed by atoms with Gasteiger partial charge in [0.05, 0.1) is 5.56 Å². The van der Waals surface area contributed by atoms with E-state index < -0.39 is 23.2 Å². The molecule has 1 aromatic carbocycles. The molecule has 0 atom stereocenters. The Kier molecular flexibility index (Phi) is 5.29. The number of nitrogens with zero attached hydrogens (tertiary/aromatic N) is 1. The van der Waals surface area contributed by atoms with Crippen LogP contribution in [-0.2, 0) is 6.18 Å². The van der Waals surface area contributed by atoms with Gasteiger partial charge in [0.15, 0.2) is 0 Å². The van der Waals surface area contributed by atoms with Crippen LogP contribution < -0.4 is 0 Å². The monoisotopic (exact) mass is 415 g/mol. The van der Waals surface area contributed by atoms with Crippen LogP contribution in [0.25, 0.3) is 0 Å². The second-order valence-corrected chi connectivity index (χ2v) is 6.42. The van der Waals surface area contributed by atoms with Crippen molar-refractivity contribution in [2.45, 2.75) is 25.6 Å². The highest BCUT2D eigenvalue weighted by Crippen LogP contribution is 2.35. The van der Waals surface area contributed by atoms with Crippen LogP contribution in [0.2, 0.25) is 0 Å². The summed E-state index contributed by atoms with van der Waals surface area (Å²) in [6.07, 6.45) is -4.50. The average molecular weight is 417 g/mol. The lowest BCUT2D eigenvalue weighted by Crippen LogP contribution is -2.46. The molecule has 0 aliphatic carbocycles. The Morgan fingerprint density at radius 3 is 2.30 bits per heavy atom. The zero-order chi connectivity index (χ0) is 15.7. The second kappa shape index (κ2) is 6.05. The third-order valence-corrected chi connectivity index (χ3v) is 5.12. The third-order valence-electron chi connectivity index (χ3n) is 3.06. The van der Waals surface area contributed by atoms with E-state index in [-0.39, 0.29) is 10.0 Å². The van der Waals surface area contributed by atoms with Crippen LogP contribution in [-0.4, -0.2) is 28.7 Å². The van der Waals surface area contributed by atoms with E-state index in [1.54, 1.807) is 7.05 Å². The molecule has 0 fully saturated rings. The largest absolute Gasteiger partial charge is 0.417 e. The minimum atomic E-state index is -4.50. The number of carbonyl (C=O) groups excluding carboxylic acids is 1. The van der Waals surface area contributed by atoms with E-state index in [4.69, 9.17) is 0 Å². The molecule has 0 heterocycles. The van der Waals surface area contributed by atoms with E-state index >= 15 is 0 Å². The lowest BCUT2D eigenvalue weighted by Gasteiger charge is -2.34. The van der Waals surface area contributed by atoms with Gasteiger partial charge in [-0.2, -0.15) is 13.2 Å². The molecule has 0 aromatic heterocycles. The summed E-state index contributed by atoms with van der Waals surface area (Å²) in [7, 11) is 1.57. The van der Waals surface area contributed by atoms with Gasteiger partial charge in [0.25, 0.3) is 5.91 Å². The zero-order valence-electron chi connectivity index (χ0n) is 11.2. The lowest BCUT2D eigenvalue weighted by atomic mass is 10.0. The van der Waals surface area contributed by atoms with Crippen LogP contribution in [0.1, 0.15) is 29.8 Å². The Balaban J connectivity index is 3.19. The highest BCUT2D eigenvalue weighted by molar-refractivity contribution is 9.10. The van der Waals surface area contributed by atoms with Crippen molar-refractivity contribution in [1.29, 1.82) is 0 Å². The van der Waals surface area contributed by atoms with Crippen molar-refractivity contribution in [3.63, 3.8) is 0 Å². The molecule has 0 aliphatic rings. The summed E-state index contributed by atoms with van der Waals surface area (Å²) in [5.74, 6) is -0.451. The predicted octanol–water partition coefficient (Wildman–Crippen LogP) is 4.71. The molecule has 1 rings (SSSR count). The van der Waals surface area contributed by atoms with Crippen LogP contribution in [0.15, 0.2) is 22.7 Å². The van der Waals surface area contributed by atoms with Gasteiger partial charge in [-0.3, -0.25) is 4.79 Å². The Hall–Kier alpha value is -0.560. The molecule has 0 radical (unpaired) electrons. The normalized spacial score (nSPS) is 12.4. The van der Waals surface area contributed by atoms with Gasteiger partial charge in [0.2, 0.25) is 0 Å². The van der Waals surface area contributed by atoms with Crippen LogP contribution in [0.4, 0.5) is 13.2 Å². The van der Waals surface area contributed by atoms with Gasteiger partial charge in [-0.25, -0.2) is 0 Å². The fraction of sp³-hybridized carbons (Fsp3) is 0.462. The van der Waals surface area contributed by atoms with Crippen molar-refractivity contribution < 1.29 is 18.0 Å². The molecule has 20 heavy (non-hydrogen) atoms. The zero-order valence-corrected chi connectivity index (χ0v) is 14.4. The maximum Gasteiger partial charge on any atom is 0.417 e. The first-order valence-electron chi connectivity index (χ1n) is 5.71. The van der Waals surface area contributed by atoms with Crippen LogP contribution >= 0.6 is 31.9 Å². The van der Waals surface area contributed by atoms with Crippen LogP contribution in [0, 0.1) is 0 Å². The summed E-state index contributed by atoms with van der Waals surface area (Å²) in [6, 6.07) is 3.49. The highest BCUT2D eigenvalue weighted by atomic mass is 79.9. The minimum absolute atomic E-state index is 0.0112. The van der Waals surface area contributed by atoms with Gasteiger partial charge in [-0.15, -0.1) is 0 Å². The van der Waals surface area contributed by atoms with Crippen molar-refractivity contribution >= 4 is 37.8 Å². The Morgan fingerprint density at radius 1 is 1.30 bits per heavy atom. The van der Waals surface area contributed by atoms with E-state index in [0.717, 1.165) is 6.07 Å². The molecule has 0 unspecified atom stereocenters. The molecule has 7 heteroatoms. The molecule has 0 aliphatic heterocycles. The molecule has 112 valence electrons. The first kappa shape index (κ1) is 17.5. The van der Waals surface area contributed by atoms with Crippen molar-refractivity contribution in [3.05, 3.63) is 33.8 Å². The lowest BCUT2D eigenvalue weighted by molar-refractivity contribution is -0.138. The van der Waals surface area contributed by atoms with E-state index in [0.29, 0.717) is 5.33 Å². The Bertz CT molecular complexity index is 515. The van der Waals surface area contributed by atoms with Gasteiger partial charge >= 0.3 is 6.18 Å². The van der Waals surface area contributed by atoms with Gasteiger partial charge < -0.3 is 4.90 Å². The van der Waals surface area contributed by atoms with E-state index in [1.807, 2.05) is 13.8 Å². The molecule has 2 nitrogen and oxygen atoms in total. The highest BCUT2D eigenvalue weighted by Gasteiger charge is 2.34. The summed E-state index contributed by atoms with van der Waals surface area (Å²) in [6.45, 7) is 3.65. The number of rotatable bonds is 3. The summed E-state index contributed by atoms with van der Waals surface area (Å²) in [4.78, 5) is 13.7. The first-order chi connectivity index (χ1) is 9.00. The number of hydrogen-bond donors (Lipinski definition) is 0. The Labute approximate surface area is 132 Å². The summed E-state index contributed by atoms with van der Waals surface area (Å²) >= 11 is 6.14. The van der Waals surface area contributed by atoms with Crippen molar-refractivity contribution in [3.8, 4) is 0 Å². The molecular formula is C13H14Br2F3NO. The van der Waals surface area contributed by atoms with Crippen molar-refractivity contribution in [2.24, 2.45) is 0 Å². The maximum absolute atomic E-state index is 12.8. The van der Waals surface area contributed by atoms with Gasteiger partial charge in [0.1, 0.15) is 0 Å². The van der Waals surface area contributed by atoms with Gasteiger partial charge in [0, 0.05) is 28.0 Å². The number of carbonyl (C=O) groups is 1. The average Bonchev–Trinajstić information content (AvgIpc) is 2.36. The first-order valence-corrected chi connectivity index (χ1v) is 7.63. The summed E-state index contributed by atoms with van der Waals surface area (Å²) in [5, 5.41) is 0.519. The smallest absolute Gasteiger partial charge is 0.336 e. The molecule has 1 amide bonds. The number of hydrogen-bond acceptors (Lipinski definition) is 1. The quantitative estimate of drug-likeness (QED) is 0.653. The molecule has 0 bridgehead atoms. The topological polar surface area (TPSA) is 20.3 Å². The minimum Gasteiger partial charge on any atom is -0.336 e. The molecule has 0 N–H and O–H groups in total. The Morgan fingerprint density at radius 2 is 1.85 bits per heavy atom. The van der Waals surface area contributed by atoms with Crippen molar-refractivity contribution in [1.82, 2.24) is 4.90 Å². The summed E-state index contributed by atoms with van der Waals surface area (Å²) < 4.78 is 38.4. The molecule has 0 saturated heterocycles. The standard InChI is InChI=1S/C13H14Br2F3NO/c1-12(2,7-14)19(3)11(20)8-4-5-10(15)9(6-8)13(16,17)18/h4-6H,7H2,1-3H3. The second-order valence-electron chi connectivity index (χ2n) is 5.00. The number of alkyl halides is 4.